The number of benzene rings is 2. The molecule has 2 rings (SSSR count). The Bertz CT molecular complexity index is 839. The summed E-state index contributed by atoms with van der Waals surface area (Å²) in [5.41, 5.74) is 2.73. The number of carbonyl (C=O) groups excluding carboxylic acids is 2. The van der Waals surface area contributed by atoms with Crippen LogP contribution in [0.1, 0.15) is 37.5 Å². The lowest BCUT2D eigenvalue weighted by Crippen LogP contribution is -2.48. The summed E-state index contributed by atoms with van der Waals surface area (Å²) >= 11 is 1.49. The Morgan fingerprint density at radius 1 is 1.07 bits per heavy atom. The first-order valence-electron chi connectivity index (χ1n) is 10.2. The van der Waals surface area contributed by atoms with Crippen LogP contribution in [0.5, 0.6) is 0 Å². The van der Waals surface area contributed by atoms with Crippen LogP contribution in [0.4, 0.5) is 4.39 Å². The Morgan fingerprint density at radius 3 is 2.37 bits per heavy atom. The number of halogens is 1. The summed E-state index contributed by atoms with van der Waals surface area (Å²) in [7, 11) is 0. The molecule has 0 aliphatic rings. The van der Waals surface area contributed by atoms with Crippen LogP contribution in [0.15, 0.2) is 48.5 Å². The van der Waals surface area contributed by atoms with Crippen LogP contribution in [-0.4, -0.2) is 35.1 Å². The Balaban J connectivity index is 2.06. The van der Waals surface area contributed by atoms with Crippen molar-refractivity contribution in [1.29, 1.82) is 0 Å². The van der Waals surface area contributed by atoms with E-state index in [1.165, 1.54) is 28.3 Å². The first-order valence-corrected chi connectivity index (χ1v) is 11.4. The minimum absolute atomic E-state index is 0.0624. The molecule has 4 nitrogen and oxygen atoms in total. The monoisotopic (exact) mass is 430 g/mol. The standard InChI is InChI=1S/C24H31FN2O2S/c1-17(2)13-26-24(29)19(4)27(14-21-7-5-6-8-22(21)25)23(28)16-30-15-20-11-9-18(3)10-12-20/h5-12,17,19H,13-16H2,1-4H3,(H,26,29). The highest BCUT2D eigenvalue weighted by Gasteiger charge is 2.26. The molecule has 2 amide bonds. The summed E-state index contributed by atoms with van der Waals surface area (Å²) in [5, 5.41) is 2.87. The number of hydrogen-bond donors (Lipinski definition) is 1. The van der Waals surface area contributed by atoms with Gasteiger partial charge in [0.1, 0.15) is 11.9 Å². The number of nitrogens with zero attached hydrogens (tertiary/aromatic N) is 1. The van der Waals surface area contributed by atoms with E-state index in [0.717, 1.165) is 5.56 Å². The van der Waals surface area contributed by atoms with E-state index < -0.39 is 6.04 Å². The number of amides is 2. The predicted molar refractivity (Wildman–Crippen MR) is 122 cm³/mol. The highest BCUT2D eigenvalue weighted by Crippen LogP contribution is 2.17. The van der Waals surface area contributed by atoms with E-state index in [4.69, 9.17) is 0 Å². The number of rotatable bonds is 10. The molecule has 0 radical (unpaired) electrons. The zero-order chi connectivity index (χ0) is 22.1. The van der Waals surface area contributed by atoms with E-state index in [2.05, 4.69) is 5.32 Å². The van der Waals surface area contributed by atoms with E-state index in [1.54, 1.807) is 25.1 Å². The largest absolute Gasteiger partial charge is 0.354 e. The molecule has 0 aromatic heterocycles. The molecule has 0 saturated heterocycles. The third kappa shape index (κ3) is 7.48. The first kappa shape index (κ1) is 23.9. The van der Waals surface area contributed by atoms with E-state index in [1.807, 2.05) is 45.0 Å². The fraction of sp³-hybridized carbons (Fsp3) is 0.417. The van der Waals surface area contributed by atoms with Crippen molar-refractivity contribution >= 4 is 23.6 Å². The Labute approximate surface area is 183 Å². The van der Waals surface area contributed by atoms with Gasteiger partial charge in [-0.3, -0.25) is 9.59 Å². The molecule has 1 unspecified atom stereocenters. The summed E-state index contributed by atoms with van der Waals surface area (Å²) in [4.78, 5) is 27.0. The Kier molecular flexibility index (Phi) is 9.37. The van der Waals surface area contributed by atoms with Crippen molar-refractivity contribution in [2.75, 3.05) is 12.3 Å². The van der Waals surface area contributed by atoms with Crippen LogP contribution >= 0.6 is 11.8 Å². The lowest BCUT2D eigenvalue weighted by molar-refractivity contribution is -0.138. The van der Waals surface area contributed by atoms with E-state index in [9.17, 15) is 14.0 Å². The summed E-state index contributed by atoms with van der Waals surface area (Å²) in [6, 6.07) is 13.9. The minimum Gasteiger partial charge on any atom is -0.354 e. The third-order valence-electron chi connectivity index (χ3n) is 4.77. The van der Waals surface area contributed by atoms with Crippen LogP contribution in [-0.2, 0) is 21.9 Å². The zero-order valence-corrected chi connectivity index (χ0v) is 19.0. The fourth-order valence-corrected chi connectivity index (χ4v) is 3.74. The van der Waals surface area contributed by atoms with Crippen molar-refractivity contribution in [1.82, 2.24) is 10.2 Å². The van der Waals surface area contributed by atoms with Gasteiger partial charge in [0.25, 0.3) is 0 Å². The minimum atomic E-state index is -0.684. The van der Waals surface area contributed by atoms with Gasteiger partial charge in [0.15, 0.2) is 0 Å². The van der Waals surface area contributed by atoms with Gasteiger partial charge in [-0.1, -0.05) is 61.9 Å². The average molecular weight is 431 g/mol. The van der Waals surface area contributed by atoms with Crippen LogP contribution in [0.2, 0.25) is 0 Å². The Morgan fingerprint density at radius 2 is 1.73 bits per heavy atom. The molecule has 0 aliphatic carbocycles. The maximum Gasteiger partial charge on any atom is 0.242 e. The highest BCUT2D eigenvalue weighted by atomic mass is 32.2. The number of hydrogen-bond acceptors (Lipinski definition) is 3. The van der Waals surface area contributed by atoms with Crippen molar-refractivity contribution in [3.8, 4) is 0 Å². The van der Waals surface area contributed by atoms with Crippen molar-refractivity contribution in [2.45, 2.75) is 46.0 Å². The van der Waals surface area contributed by atoms with E-state index in [0.29, 0.717) is 23.8 Å². The molecule has 2 aromatic rings. The van der Waals surface area contributed by atoms with Gasteiger partial charge in [0.2, 0.25) is 11.8 Å². The van der Waals surface area contributed by atoms with Crippen LogP contribution in [0.3, 0.4) is 0 Å². The topological polar surface area (TPSA) is 49.4 Å². The molecule has 30 heavy (non-hydrogen) atoms. The molecule has 1 atom stereocenters. The maximum absolute atomic E-state index is 14.2. The SMILES string of the molecule is Cc1ccc(CSCC(=O)N(Cc2ccccc2F)C(C)C(=O)NCC(C)C)cc1. The van der Waals surface area contributed by atoms with Crippen LogP contribution < -0.4 is 5.32 Å². The molecule has 2 aromatic carbocycles. The molecule has 6 heteroatoms. The lowest BCUT2D eigenvalue weighted by atomic mass is 10.1. The van der Waals surface area contributed by atoms with Gasteiger partial charge in [0.05, 0.1) is 5.75 Å². The molecule has 0 fully saturated rings. The fourth-order valence-electron chi connectivity index (χ4n) is 2.87. The van der Waals surface area contributed by atoms with Gasteiger partial charge >= 0.3 is 0 Å². The predicted octanol–water partition coefficient (Wildman–Crippen LogP) is 4.56. The molecule has 0 saturated carbocycles. The van der Waals surface area contributed by atoms with Crippen LogP contribution in [0, 0.1) is 18.7 Å². The number of nitrogens with one attached hydrogen (secondary N) is 1. The molecular formula is C24H31FN2O2S. The quantitative estimate of drug-likeness (QED) is 0.601. The number of thioether (sulfide) groups is 1. The number of carbonyl (C=O) groups is 2. The van der Waals surface area contributed by atoms with Crippen molar-refractivity contribution in [2.24, 2.45) is 5.92 Å². The van der Waals surface area contributed by atoms with Crippen molar-refractivity contribution < 1.29 is 14.0 Å². The molecule has 0 heterocycles. The molecule has 0 bridgehead atoms. The van der Waals surface area contributed by atoms with Gasteiger partial charge in [-0.25, -0.2) is 4.39 Å². The second-order valence-electron chi connectivity index (χ2n) is 7.91. The summed E-state index contributed by atoms with van der Waals surface area (Å²) in [5.74, 6) is 0.455. The molecular weight excluding hydrogens is 399 g/mol. The van der Waals surface area contributed by atoms with E-state index >= 15 is 0 Å². The summed E-state index contributed by atoms with van der Waals surface area (Å²) in [6.07, 6.45) is 0. The lowest BCUT2D eigenvalue weighted by Gasteiger charge is -2.29. The molecule has 162 valence electrons. The zero-order valence-electron chi connectivity index (χ0n) is 18.2. The third-order valence-corrected chi connectivity index (χ3v) is 5.75. The van der Waals surface area contributed by atoms with Gasteiger partial charge in [0, 0.05) is 24.4 Å². The molecule has 0 aliphatic heterocycles. The normalized spacial score (nSPS) is 11.9. The average Bonchev–Trinajstić information content (AvgIpc) is 2.72. The van der Waals surface area contributed by atoms with Gasteiger partial charge < -0.3 is 10.2 Å². The molecule has 0 spiro atoms. The number of aryl methyl sites for hydroxylation is 1. The van der Waals surface area contributed by atoms with Gasteiger partial charge in [-0.2, -0.15) is 0 Å². The molecule has 1 N–H and O–H groups in total. The van der Waals surface area contributed by atoms with Gasteiger partial charge in [-0.15, -0.1) is 11.8 Å². The second kappa shape index (κ2) is 11.7. The van der Waals surface area contributed by atoms with Crippen molar-refractivity contribution in [3.05, 3.63) is 71.0 Å². The Hall–Kier alpha value is -2.34. The highest BCUT2D eigenvalue weighted by molar-refractivity contribution is 7.99. The van der Waals surface area contributed by atoms with E-state index in [-0.39, 0.29) is 29.9 Å². The smallest absolute Gasteiger partial charge is 0.242 e. The van der Waals surface area contributed by atoms with Crippen molar-refractivity contribution in [3.63, 3.8) is 0 Å². The summed E-state index contributed by atoms with van der Waals surface area (Å²) < 4.78 is 14.2. The summed E-state index contributed by atoms with van der Waals surface area (Å²) in [6.45, 7) is 8.34. The second-order valence-corrected chi connectivity index (χ2v) is 8.89. The maximum atomic E-state index is 14.2. The first-order chi connectivity index (χ1) is 14.3. The van der Waals surface area contributed by atoms with Crippen LogP contribution in [0.25, 0.3) is 0 Å². The van der Waals surface area contributed by atoms with Gasteiger partial charge in [-0.05, 0) is 31.4 Å².